The Morgan fingerprint density at radius 1 is 1.56 bits per heavy atom. The van der Waals surface area contributed by atoms with Crippen molar-refractivity contribution in [2.75, 3.05) is 0 Å². The molecule has 0 spiro atoms. The molecule has 0 amide bonds. The first-order valence-corrected chi connectivity index (χ1v) is 4.93. The molecule has 2 rings (SSSR count). The Labute approximate surface area is 99.9 Å². The number of aromatic carboxylic acids is 1. The van der Waals surface area contributed by atoms with Gasteiger partial charge in [-0.3, -0.25) is 4.68 Å². The summed E-state index contributed by atoms with van der Waals surface area (Å²) in [7, 11) is 1.58. The van der Waals surface area contributed by atoms with Crippen molar-refractivity contribution in [1.82, 2.24) is 14.8 Å². The minimum Gasteiger partial charge on any atom is -0.475 e. The highest BCUT2D eigenvalue weighted by molar-refractivity contribution is 5.86. The molecule has 0 aromatic carbocycles. The van der Waals surface area contributed by atoms with E-state index in [4.69, 9.17) is 9.52 Å². The molecule has 0 fully saturated rings. The monoisotopic (exact) mass is 257 g/mol. The molecule has 0 radical (unpaired) electrons. The standard InChI is InChI=1S/C10H9F2N3O3/c1-4-3-5(15(2)14-4)9-13-6(8(11)12)7(18-9)10(16)17/h3,8H,1-2H3,(H,16,17). The van der Waals surface area contributed by atoms with E-state index in [0.29, 0.717) is 11.4 Å². The van der Waals surface area contributed by atoms with Crippen LogP contribution in [0.1, 0.15) is 28.4 Å². The fourth-order valence-electron chi connectivity index (χ4n) is 1.55. The zero-order valence-electron chi connectivity index (χ0n) is 9.52. The van der Waals surface area contributed by atoms with Crippen molar-refractivity contribution < 1.29 is 23.1 Å². The summed E-state index contributed by atoms with van der Waals surface area (Å²) in [6.07, 6.45) is -3.01. The summed E-state index contributed by atoms with van der Waals surface area (Å²) in [6, 6.07) is 1.56. The number of hydrogen-bond donors (Lipinski definition) is 1. The lowest BCUT2D eigenvalue weighted by Crippen LogP contribution is -1.99. The van der Waals surface area contributed by atoms with Crippen molar-refractivity contribution in [3.8, 4) is 11.6 Å². The molecule has 8 heteroatoms. The summed E-state index contributed by atoms with van der Waals surface area (Å²) < 4.78 is 31.5. The van der Waals surface area contributed by atoms with Crippen LogP contribution in [0.15, 0.2) is 10.5 Å². The normalized spacial score (nSPS) is 11.2. The zero-order chi connectivity index (χ0) is 13.4. The molecule has 1 N–H and O–H groups in total. The van der Waals surface area contributed by atoms with Gasteiger partial charge in [0.05, 0.1) is 5.69 Å². The molecule has 2 aromatic rings. The Kier molecular flexibility index (Phi) is 2.85. The van der Waals surface area contributed by atoms with Crippen LogP contribution >= 0.6 is 0 Å². The molecule has 96 valence electrons. The molecular formula is C10H9F2N3O3. The van der Waals surface area contributed by atoms with Gasteiger partial charge in [-0.1, -0.05) is 0 Å². The van der Waals surface area contributed by atoms with Crippen LogP contribution in [0.4, 0.5) is 8.78 Å². The fourth-order valence-corrected chi connectivity index (χ4v) is 1.55. The Morgan fingerprint density at radius 2 is 2.22 bits per heavy atom. The number of alkyl halides is 2. The number of carbonyl (C=O) groups is 1. The van der Waals surface area contributed by atoms with E-state index in [1.807, 2.05) is 0 Å². The third kappa shape index (κ3) is 1.96. The van der Waals surface area contributed by atoms with Crippen molar-refractivity contribution in [3.05, 3.63) is 23.2 Å². The van der Waals surface area contributed by atoms with Gasteiger partial charge in [-0.05, 0) is 13.0 Å². The Balaban J connectivity index is 2.56. The molecular weight excluding hydrogens is 248 g/mol. The number of hydrogen-bond acceptors (Lipinski definition) is 4. The third-order valence-corrected chi connectivity index (χ3v) is 2.28. The molecule has 0 unspecified atom stereocenters. The quantitative estimate of drug-likeness (QED) is 0.909. The summed E-state index contributed by atoms with van der Waals surface area (Å²) in [4.78, 5) is 14.3. The number of oxazole rings is 1. The largest absolute Gasteiger partial charge is 0.475 e. The molecule has 2 aromatic heterocycles. The van der Waals surface area contributed by atoms with E-state index in [9.17, 15) is 13.6 Å². The highest BCUT2D eigenvalue weighted by Gasteiger charge is 2.27. The van der Waals surface area contributed by atoms with E-state index in [2.05, 4.69) is 10.1 Å². The van der Waals surface area contributed by atoms with Gasteiger partial charge in [0.2, 0.25) is 11.7 Å². The van der Waals surface area contributed by atoms with E-state index < -0.39 is 23.8 Å². The summed E-state index contributed by atoms with van der Waals surface area (Å²) in [5.74, 6) is -2.62. The van der Waals surface area contributed by atoms with Gasteiger partial charge in [0, 0.05) is 7.05 Å². The second-order valence-corrected chi connectivity index (χ2v) is 3.63. The lowest BCUT2D eigenvalue weighted by molar-refractivity contribution is 0.0646. The van der Waals surface area contributed by atoms with Crippen LogP contribution in [0.25, 0.3) is 11.6 Å². The van der Waals surface area contributed by atoms with Gasteiger partial charge in [-0.2, -0.15) is 5.10 Å². The van der Waals surface area contributed by atoms with Gasteiger partial charge in [0.1, 0.15) is 5.69 Å². The second-order valence-electron chi connectivity index (χ2n) is 3.63. The molecule has 6 nitrogen and oxygen atoms in total. The Hall–Kier alpha value is -2.25. The topological polar surface area (TPSA) is 81.1 Å². The number of aromatic nitrogens is 3. The zero-order valence-corrected chi connectivity index (χ0v) is 9.52. The summed E-state index contributed by atoms with van der Waals surface area (Å²) in [5, 5.41) is 12.8. The SMILES string of the molecule is Cc1cc(-c2nc(C(F)F)c(C(=O)O)o2)n(C)n1. The van der Waals surface area contributed by atoms with E-state index in [0.717, 1.165) is 0 Å². The van der Waals surface area contributed by atoms with Gasteiger partial charge in [0.15, 0.2) is 5.69 Å². The molecule has 0 aliphatic rings. The van der Waals surface area contributed by atoms with Crippen LogP contribution in [0.2, 0.25) is 0 Å². The smallest absolute Gasteiger partial charge is 0.374 e. The first-order chi connectivity index (χ1) is 8.40. The van der Waals surface area contributed by atoms with Gasteiger partial charge in [-0.25, -0.2) is 18.6 Å². The second kappa shape index (κ2) is 4.21. The lowest BCUT2D eigenvalue weighted by atomic mass is 10.3. The van der Waals surface area contributed by atoms with Crippen LogP contribution in [-0.4, -0.2) is 25.8 Å². The van der Waals surface area contributed by atoms with Crippen molar-refractivity contribution in [3.63, 3.8) is 0 Å². The average Bonchev–Trinajstić information content (AvgIpc) is 2.81. The molecule has 0 bridgehead atoms. The first-order valence-electron chi connectivity index (χ1n) is 4.93. The van der Waals surface area contributed by atoms with Gasteiger partial charge in [-0.15, -0.1) is 0 Å². The number of rotatable bonds is 3. The summed E-state index contributed by atoms with van der Waals surface area (Å²) in [6.45, 7) is 1.71. The van der Waals surface area contributed by atoms with Crippen molar-refractivity contribution in [2.45, 2.75) is 13.3 Å². The van der Waals surface area contributed by atoms with Gasteiger partial charge in [0.25, 0.3) is 6.43 Å². The third-order valence-electron chi connectivity index (χ3n) is 2.28. The van der Waals surface area contributed by atoms with Crippen molar-refractivity contribution in [1.29, 1.82) is 0 Å². The molecule has 0 aliphatic carbocycles. The van der Waals surface area contributed by atoms with Crippen molar-refractivity contribution >= 4 is 5.97 Å². The van der Waals surface area contributed by atoms with E-state index in [1.165, 1.54) is 4.68 Å². The molecule has 2 heterocycles. The van der Waals surface area contributed by atoms with Gasteiger partial charge < -0.3 is 9.52 Å². The number of carboxylic acid groups (broad SMARTS) is 1. The number of carboxylic acids is 1. The fraction of sp³-hybridized carbons (Fsp3) is 0.300. The minimum absolute atomic E-state index is 0.189. The summed E-state index contributed by atoms with van der Waals surface area (Å²) >= 11 is 0. The highest BCUT2D eigenvalue weighted by Crippen LogP contribution is 2.28. The lowest BCUT2D eigenvalue weighted by Gasteiger charge is -1.94. The van der Waals surface area contributed by atoms with Crippen LogP contribution in [0, 0.1) is 6.92 Å². The first kappa shape index (κ1) is 12.2. The molecule has 0 saturated heterocycles. The Bertz CT molecular complexity index is 604. The van der Waals surface area contributed by atoms with Gasteiger partial charge >= 0.3 is 5.97 Å². The maximum absolute atomic E-state index is 12.6. The van der Waals surface area contributed by atoms with Crippen LogP contribution in [-0.2, 0) is 7.05 Å². The minimum atomic E-state index is -3.01. The molecule has 0 saturated carbocycles. The predicted molar refractivity (Wildman–Crippen MR) is 55.4 cm³/mol. The van der Waals surface area contributed by atoms with Crippen LogP contribution in [0.5, 0.6) is 0 Å². The molecule has 0 aliphatic heterocycles. The molecule has 18 heavy (non-hydrogen) atoms. The van der Waals surface area contributed by atoms with Crippen LogP contribution in [0.3, 0.4) is 0 Å². The average molecular weight is 257 g/mol. The molecule has 0 atom stereocenters. The predicted octanol–water partition coefficient (Wildman–Crippen LogP) is 2.02. The van der Waals surface area contributed by atoms with E-state index >= 15 is 0 Å². The Morgan fingerprint density at radius 3 is 2.61 bits per heavy atom. The van der Waals surface area contributed by atoms with E-state index in [1.54, 1.807) is 20.0 Å². The van der Waals surface area contributed by atoms with E-state index in [-0.39, 0.29) is 5.89 Å². The number of halogens is 2. The highest BCUT2D eigenvalue weighted by atomic mass is 19.3. The maximum Gasteiger partial charge on any atom is 0.374 e. The maximum atomic E-state index is 12.6. The van der Waals surface area contributed by atoms with Crippen molar-refractivity contribution in [2.24, 2.45) is 7.05 Å². The van der Waals surface area contributed by atoms with Crippen LogP contribution < -0.4 is 0 Å². The summed E-state index contributed by atoms with van der Waals surface area (Å²) in [5.41, 5.74) is 0.0967. The number of aryl methyl sites for hydroxylation is 2. The number of nitrogens with zero attached hydrogens (tertiary/aromatic N) is 3.